The van der Waals surface area contributed by atoms with Crippen molar-refractivity contribution < 1.29 is 14.3 Å². The molecule has 0 bridgehead atoms. The number of hydrogen-bond donors (Lipinski definition) is 2. The molecule has 2 aromatic rings. The third kappa shape index (κ3) is 2.86. The zero-order chi connectivity index (χ0) is 14.9. The summed E-state index contributed by atoms with van der Waals surface area (Å²) < 4.78 is 13.3. The van der Waals surface area contributed by atoms with Gasteiger partial charge in [-0.1, -0.05) is 35.3 Å². The predicted molar refractivity (Wildman–Crippen MR) is 77.2 cm³/mol. The topological polar surface area (TPSA) is 49.3 Å². The van der Waals surface area contributed by atoms with Crippen LogP contribution in [0.25, 0.3) is 0 Å². The minimum absolute atomic E-state index is 0.107. The van der Waals surface area contributed by atoms with Gasteiger partial charge in [0, 0.05) is 5.69 Å². The van der Waals surface area contributed by atoms with Crippen LogP contribution in [0.15, 0.2) is 30.3 Å². The lowest BCUT2D eigenvalue weighted by Crippen LogP contribution is -2.12. The lowest BCUT2D eigenvalue weighted by atomic mass is 10.1. The number of benzene rings is 2. The molecule has 0 fully saturated rings. The van der Waals surface area contributed by atoms with Gasteiger partial charge in [-0.2, -0.15) is 0 Å². The quantitative estimate of drug-likeness (QED) is 0.807. The molecule has 1 amide bonds. The van der Waals surface area contributed by atoms with Crippen LogP contribution in [0.2, 0.25) is 10.0 Å². The van der Waals surface area contributed by atoms with Crippen LogP contribution in [-0.2, 0) is 0 Å². The summed E-state index contributed by atoms with van der Waals surface area (Å²) >= 11 is 11.3. The zero-order valence-corrected chi connectivity index (χ0v) is 11.9. The van der Waals surface area contributed by atoms with Crippen LogP contribution in [0.4, 0.5) is 10.1 Å². The molecule has 104 valence electrons. The third-order valence-corrected chi connectivity index (χ3v) is 3.27. The minimum atomic E-state index is -0.746. The smallest absolute Gasteiger partial charge is 0.259 e. The van der Waals surface area contributed by atoms with Crippen LogP contribution in [0.1, 0.15) is 15.9 Å². The number of carbonyl (C=O) groups is 1. The van der Waals surface area contributed by atoms with E-state index >= 15 is 0 Å². The van der Waals surface area contributed by atoms with Gasteiger partial charge in [-0.3, -0.25) is 4.79 Å². The Labute approximate surface area is 124 Å². The molecule has 6 heteroatoms. The molecule has 3 nitrogen and oxygen atoms in total. The lowest BCUT2D eigenvalue weighted by molar-refractivity contribution is 0.102. The number of rotatable bonds is 2. The first-order chi connectivity index (χ1) is 9.40. The molecule has 0 unspecified atom stereocenters. The van der Waals surface area contributed by atoms with Crippen molar-refractivity contribution in [1.82, 2.24) is 0 Å². The second-order valence-electron chi connectivity index (χ2n) is 4.18. The first-order valence-corrected chi connectivity index (χ1v) is 6.40. The van der Waals surface area contributed by atoms with E-state index in [2.05, 4.69) is 5.32 Å². The molecule has 0 heterocycles. The highest BCUT2D eigenvalue weighted by Crippen LogP contribution is 2.28. The number of phenolic OH excluding ortho intramolecular Hbond substituents is 1. The van der Waals surface area contributed by atoms with E-state index in [0.29, 0.717) is 5.56 Å². The fourth-order valence-electron chi connectivity index (χ4n) is 1.67. The molecule has 0 atom stereocenters. The van der Waals surface area contributed by atoms with Gasteiger partial charge < -0.3 is 10.4 Å². The monoisotopic (exact) mass is 313 g/mol. The molecule has 0 saturated heterocycles. The van der Waals surface area contributed by atoms with E-state index in [-0.39, 0.29) is 27.0 Å². The van der Waals surface area contributed by atoms with E-state index < -0.39 is 11.7 Å². The molecule has 0 aliphatic rings. The van der Waals surface area contributed by atoms with Crippen LogP contribution in [0.5, 0.6) is 5.75 Å². The summed E-state index contributed by atoms with van der Waals surface area (Å²) in [4.78, 5) is 12.0. The maximum absolute atomic E-state index is 13.3. The van der Waals surface area contributed by atoms with Gasteiger partial charge >= 0.3 is 0 Å². The number of hydrogen-bond acceptors (Lipinski definition) is 2. The summed E-state index contributed by atoms with van der Waals surface area (Å²) in [6, 6.07) is 7.29. The highest BCUT2D eigenvalue weighted by atomic mass is 35.5. The first kappa shape index (κ1) is 14.6. The van der Waals surface area contributed by atoms with E-state index in [9.17, 15) is 14.3 Å². The fourth-order valence-corrected chi connectivity index (χ4v) is 2.16. The van der Waals surface area contributed by atoms with Gasteiger partial charge in [0.15, 0.2) is 5.82 Å². The maximum atomic E-state index is 13.3. The van der Waals surface area contributed by atoms with Crippen molar-refractivity contribution in [3.8, 4) is 5.75 Å². The Morgan fingerprint density at radius 3 is 2.45 bits per heavy atom. The van der Waals surface area contributed by atoms with Gasteiger partial charge in [0.2, 0.25) is 0 Å². The average molecular weight is 314 g/mol. The van der Waals surface area contributed by atoms with E-state index in [4.69, 9.17) is 23.2 Å². The second kappa shape index (κ2) is 5.69. The van der Waals surface area contributed by atoms with Gasteiger partial charge in [-0.05, 0) is 30.7 Å². The number of para-hydroxylation sites is 1. The molecule has 2 N–H and O–H groups in total. The van der Waals surface area contributed by atoms with Crippen molar-refractivity contribution in [3.05, 3.63) is 57.3 Å². The highest BCUT2D eigenvalue weighted by molar-refractivity contribution is 6.35. The van der Waals surface area contributed by atoms with Gasteiger partial charge in [-0.15, -0.1) is 0 Å². The summed E-state index contributed by atoms with van der Waals surface area (Å²) in [5.41, 5.74) is 0.932. The molecule has 2 aromatic carbocycles. The number of phenols is 1. The Bertz CT molecular complexity index is 666. The van der Waals surface area contributed by atoms with Crippen molar-refractivity contribution in [3.63, 3.8) is 0 Å². The van der Waals surface area contributed by atoms with Crippen LogP contribution >= 0.6 is 23.2 Å². The van der Waals surface area contributed by atoms with Crippen molar-refractivity contribution in [1.29, 1.82) is 0 Å². The summed E-state index contributed by atoms with van der Waals surface area (Å²) in [6.45, 7) is 1.68. The van der Waals surface area contributed by atoms with Gasteiger partial charge in [0.25, 0.3) is 5.91 Å². The third-order valence-electron chi connectivity index (χ3n) is 2.72. The normalized spacial score (nSPS) is 10.4. The Kier molecular flexibility index (Phi) is 4.16. The summed E-state index contributed by atoms with van der Waals surface area (Å²) in [5, 5.41) is 11.9. The number of anilines is 1. The van der Waals surface area contributed by atoms with Gasteiger partial charge in [0.1, 0.15) is 5.75 Å². The molecule has 0 spiro atoms. The van der Waals surface area contributed by atoms with E-state index in [1.165, 1.54) is 18.2 Å². The molecular weight excluding hydrogens is 304 g/mol. The minimum Gasteiger partial charge on any atom is -0.507 e. The number of aromatic hydroxyl groups is 1. The molecule has 0 aliphatic carbocycles. The molecular formula is C14H10Cl2FNO2. The van der Waals surface area contributed by atoms with Gasteiger partial charge in [0.05, 0.1) is 15.6 Å². The highest BCUT2D eigenvalue weighted by Gasteiger charge is 2.14. The standard InChI is InChI=1S/C14H10Cl2FNO2/c1-7-3-2-4-9(13(7)19)14(20)18-8-5-10(15)12(17)11(16)6-8/h2-6,19H,1H3,(H,18,20). The lowest BCUT2D eigenvalue weighted by Gasteiger charge is -2.09. The van der Waals surface area contributed by atoms with Crippen molar-refractivity contribution in [2.75, 3.05) is 5.32 Å². The molecule has 0 saturated carbocycles. The zero-order valence-electron chi connectivity index (χ0n) is 10.4. The molecule has 0 aliphatic heterocycles. The molecule has 2 rings (SSSR count). The number of aryl methyl sites for hydroxylation is 1. The van der Waals surface area contributed by atoms with Crippen molar-refractivity contribution >= 4 is 34.8 Å². The van der Waals surface area contributed by atoms with E-state index in [0.717, 1.165) is 0 Å². The van der Waals surface area contributed by atoms with Crippen LogP contribution < -0.4 is 5.32 Å². The fraction of sp³-hybridized carbons (Fsp3) is 0.0714. The van der Waals surface area contributed by atoms with Crippen LogP contribution in [0.3, 0.4) is 0 Å². The maximum Gasteiger partial charge on any atom is 0.259 e. The number of nitrogens with one attached hydrogen (secondary N) is 1. The SMILES string of the molecule is Cc1cccc(C(=O)Nc2cc(Cl)c(F)c(Cl)c2)c1O. The Morgan fingerprint density at radius 1 is 1.25 bits per heavy atom. The number of carbonyl (C=O) groups excluding carboxylic acids is 1. The number of amides is 1. The largest absolute Gasteiger partial charge is 0.507 e. The summed E-state index contributed by atoms with van der Waals surface area (Å²) in [5.74, 6) is -1.39. The number of halogens is 3. The Morgan fingerprint density at radius 2 is 1.85 bits per heavy atom. The molecule has 0 radical (unpaired) electrons. The van der Waals surface area contributed by atoms with Gasteiger partial charge in [-0.25, -0.2) is 4.39 Å². The Hall–Kier alpha value is -1.78. The van der Waals surface area contributed by atoms with E-state index in [1.807, 2.05) is 0 Å². The van der Waals surface area contributed by atoms with Crippen molar-refractivity contribution in [2.24, 2.45) is 0 Å². The predicted octanol–water partition coefficient (Wildman–Crippen LogP) is 4.40. The van der Waals surface area contributed by atoms with Crippen molar-refractivity contribution in [2.45, 2.75) is 6.92 Å². The first-order valence-electron chi connectivity index (χ1n) is 5.64. The van der Waals surface area contributed by atoms with Crippen LogP contribution in [-0.4, -0.2) is 11.0 Å². The molecule has 0 aromatic heterocycles. The Balaban J connectivity index is 2.30. The molecule has 20 heavy (non-hydrogen) atoms. The van der Waals surface area contributed by atoms with E-state index in [1.54, 1.807) is 19.1 Å². The average Bonchev–Trinajstić information content (AvgIpc) is 2.39. The second-order valence-corrected chi connectivity index (χ2v) is 4.99. The summed E-state index contributed by atoms with van der Waals surface area (Å²) in [6.07, 6.45) is 0. The van der Waals surface area contributed by atoms with Crippen LogP contribution in [0, 0.1) is 12.7 Å². The summed E-state index contributed by atoms with van der Waals surface area (Å²) in [7, 11) is 0.